The second-order valence-electron chi connectivity index (χ2n) is 7.37. The molecule has 136 valence electrons. The third-order valence-corrected chi connectivity index (χ3v) is 5.68. The monoisotopic (exact) mass is 354 g/mol. The predicted molar refractivity (Wildman–Crippen MR) is 97.8 cm³/mol. The number of carboxylic acid groups (broad SMARTS) is 1. The first-order chi connectivity index (χ1) is 12.5. The van der Waals surface area contributed by atoms with Crippen molar-refractivity contribution in [1.29, 1.82) is 0 Å². The standard InChI is InChI=1S/C21H23FN2O2/c1-12(21(25)26)23-11-16-10-19-17-5-3-2-4-13(17)8-14-6-7-15(22)9-18(14)20(19)24-16/h2-7,9,12,16,19-20,23-24H,8,10-11H2,1H3,(H,25,26)/t12?,16-,19-,20-/m1/s1. The van der Waals surface area contributed by atoms with Gasteiger partial charge in [0.25, 0.3) is 0 Å². The van der Waals surface area contributed by atoms with E-state index in [4.69, 9.17) is 5.11 Å². The number of aliphatic carboxylic acids is 1. The van der Waals surface area contributed by atoms with E-state index in [1.807, 2.05) is 6.07 Å². The maximum absolute atomic E-state index is 13.9. The predicted octanol–water partition coefficient (Wildman–Crippen LogP) is 2.98. The van der Waals surface area contributed by atoms with Gasteiger partial charge in [-0.3, -0.25) is 4.79 Å². The van der Waals surface area contributed by atoms with Crippen LogP contribution in [0.1, 0.15) is 47.6 Å². The van der Waals surface area contributed by atoms with Gasteiger partial charge < -0.3 is 15.7 Å². The third kappa shape index (κ3) is 3.13. The van der Waals surface area contributed by atoms with Gasteiger partial charge in [-0.05, 0) is 54.2 Å². The fourth-order valence-corrected chi connectivity index (χ4v) is 4.32. The molecule has 0 amide bonds. The molecule has 0 saturated carbocycles. The zero-order chi connectivity index (χ0) is 18.3. The van der Waals surface area contributed by atoms with Crippen molar-refractivity contribution < 1.29 is 14.3 Å². The van der Waals surface area contributed by atoms with Gasteiger partial charge in [0.15, 0.2) is 0 Å². The Kier molecular flexibility index (Phi) is 4.51. The topological polar surface area (TPSA) is 61.4 Å². The zero-order valence-corrected chi connectivity index (χ0v) is 14.7. The lowest BCUT2D eigenvalue weighted by Crippen LogP contribution is -2.42. The Morgan fingerprint density at radius 2 is 2.04 bits per heavy atom. The SMILES string of the molecule is CC(NC[C@H]1C[C@@H]2c3ccccc3Cc3ccc(F)cc3[C@H]2N1)C(=O)O. The molecule has 0 aromatic heterocycles. The van der Waals surface area contributed by atoms with E-state index in [0.29, 0.717) is 6.54 Å². The first-order valence-corrected chi connectivity index (χ1v) is 9.11. The minimum atomic E-state index is -0.852. The summed E-state index contributed by atoms with van der Waals surface area (Å²) < 4.78 is 13.9. The average Bonchev–Trinajstić information content (AvgIpc) is 3.00. The summed E-state index contributed by atoms with van der Waals surface area (Å²) in [6.07, 6.45) is 1.72. The summed E-state index contributed by atoms with van der Waals surface area (Å²) >= 11 is 0. The Morgan fingerprint density at radius 1 is 1.27 bits per heavy atom. The fourth-order valence-electron chi connectivity index (χ4n) is 4.32. The molecule has 3 N–H and O–H groups in total. The number of benzene rings is 2. The van der Waals surface area contributed by atoms with E-state index in [1.165, 1.54) is 17.2 Å². The molecule has 1 heterocycles. The van der Waals surface area contributed by atoms with Crippen LogP contribution in [0.3, 0.4) is 0 Å². The van der Waals surface area contributed by atoms with Crippen molar-refractivity contribution in [3.8, 4) is 0 Å². The number of fused-ring (bicyclic) bond motifs is 5. The summed E-state index contributed by atoms with van der Waals surface area (Å²) in [4.78, 5) is 11.0. The molecule has 2 aromatic carbocycles. The number of halogens is 1. The Balaban J connectivity index is 1.65. The molecule has 0 bridgehead atoms. The number of rotatable bonds is 4. The second kappa shape index (κ2) is 6.82. The Bertz CT molecular complexity index is 839. The summed E-state index contributed by atoms with van der Waals surface area (Å²) in [5, 5.41) is 15.8. The first kappa shape index (κ1) is 17.2. The van der Waals surface area contributed by atoms with Gasteiger partial charge in [-0.1, -0.05) is 30.3 Å². The van der Waals surface area contributed by atoms with Crippen LogP contribution in [0.4, 0.5) is 4.39 Å². The van der Waals surface area contributed by atoms with Gasteiger partial charge in [-0.2, -0.15) is 0 Å². The van der Waals surface area contributed by atoms with Crippen molar-refractivity contribution in [3.05, 3.63) is 70.5 Å². The van der Waals surface area contributed by atoms with Gasteiger partial charge in [0, 0.05) is 24.5 Å². The number of hydrogen-bond acceptors (Lipinski definition) is 3. The number of nitrogens with one attached hydrogen (secondary N) is 2. The van der Waals surface area contributed by atoms with Crippen LogP contribution in [0.2, 0.25) is 0 Å². The zero-order valence-electron chi connectivity index (χ0n) is 14.7. The van der Waals surface area contributed by atoms with Crippen LogP contribution in [0.5, 0.6) is 0 Å². The van der Waals surface area contributed by atoms with Crippen LogP contribution in [0.15, 0.2) is 42.5 Å². The van der Waals surface area contributed by atoms with Crippen LogP contribution in [0.25, 0.3) is 0 Å². The molecule has 1 aliphatic heterocycles. The van der Waals surface area contributed by atoms with Crippen LogP contribution >= 0.6 is 0 Å². The first-order valence-electron chi connectivity index (χ1n) is 9.11. The second-order valence-corrected chi connectivity index (χ2v) is 7.37. The molecule has 0 radical (unpaired) electrons. The largest absolute Gasteiger partial charge is 0.480 e. The molecular weight excluding hydrogens is 331 g/mol. The van der Waals surface area contributed by atoms with E-state index < -0.39 is 12.0 Å². The van der Waals surface area contributed by atoms with E-state index in [1.54, 1.807) is 13.0 Å². The molecule has 5 heteroatoms. The molecule has 4 atom stereocenters. The lowest BCUT2D eigenvalue weighted by atomic mass is 9.87. The van der Waals surface area contributed by atoms with Crippen molar-refractivity contribution in [2.24, 2.45) is 0 Å². The highest BCUT2D eigenvalue weighted by Gasteiger charge is 2.39. The smallest absolute Gasteiger partial charge is 0.320 e. The summed E-state index contributed by atoms with van der Waals surface area (Å²) in [5.41, 5.74) is 4.80. The van der Waals surface area contributed by atoms with Gasteiger partial charge in [0.05, 0.1) is 0 Å². The highest BCUT2D eigenvalue weighted by Crippen LogP contribution is 2.45. The number of carbonyl (C=O) groups is 1. The normalized spacial score (nSPS) is 24.9. The van der Waals surface area contributed by atoms with Crippen LogP contribution in [-0.4, -0.2) is 29.7 Å². The maximum Gasteiger partial charge on any atom is 0.320 e. The Hall–Kier alpha value is -2.24. The number of hydrogen-bond donors (Lipinski definition) is 3. The summed E-state index contributed by atoms with van der Waals surface area (Å²) in [6.45, 7) is 2.22. The molecule has 1 aliphatic carbocycles. The van der Waals surface area contributed by atoms with Gasteiger partial charge in [-0.15, -0.1) is 0 Å². The minimum Gasteiger partial charge on any atom is -0.480 e. The van der Waals surface area contributed by atoms with Crippen LogP contribution < -0.4 is 10.6 Å². The highest BCUT2D eigenvalue weighted by molar-refractivity contribution is 5.72. The number of carboxylic acids is 1. The summed E-state index contributed by atoms with van der Waals surface area (Å²) in [5.74, 6) is -0.799. The molecule has 4 nitrogen and oxygen atoms in total. The van der Waals surface area contributed by atoms with Crippen LogP contribution in [-0.2, 0) is 11.2 Å². The van der Waals surface area contributed by atoms with Gasteiger partial charge in [0.1, 0.15) is 11.9 Å². The summed E-state index contributed by atoms with van der Waals surface area (Å²) in [6, 6.07) is 13.1. The molecule has 2 aromatic rings. The molecule has 1 saturated heterocycles. The van der Waals surface area contributed by atoms with E-state index in [-0.39, 0.29) is 23.8 Å². The average molecular weight is 354 g/mol. The summed E-state index contributed by atoms with van der Waals surface area (Å²) in [7, 11) is 0. The van der Waals surface area contributed by atoms with Crippen LogP contribution in [0, 0.1) is 5.82 Å². The quantitative estimate of drug-likeness (QED) is 0.790. The lowest BCUT2D eigenvalue weighted by molar-refractivity contribution is -0.139. The molecule has 26 heavy (non-hydrogen) atoms. The molecule has 2 aliphatic rings. The van der Waals surface area contributed by atoms with Gasteiger partial charge >= 0.3 is 5.97 Å². The molecule has 4 rings (SSSR count). The van der Waals surface area contributed by atoms with Crippen molar-refractivity contribution in [2.75, 3.05) is 6.54 Å². The van der Waals surface area contributed by atoms with Crippen molar-refractivity contribution in [1.82, 2.24) is 10.6 Å². The van der Waals surface area contributed by atoms with Crippen molar-refractivity contribution >= 4 is 5.97 Å². The minimum absolute atomic E-state index is 0.0521. The van der Waals surface area contributed by atoms with Crippen molar-refractivity contribution in [2.45, 2.75) is 43.8 Å². The lowest BCUT2D eigenvalue weighted by Gasteiger charge is -2.20. The molecular formula is C21H23FN2O2. The van der Waals surface area contributed by atoms with Crippen molar-refractivity contribution in [3.63, 3.8) is 0 Å². The van der Waals surface area contributed by atoms with Gasteiger partial charge in [-0.25, -0.2) is 4.39 Å². The molecule has 0 spiro atoms. The van der Waals surface area contributed by atoms with E-state index >= 15 is 0 Å². The Morgan fingerprint density at radius 3 is 2.85 bits per heavy atom. The third-order valence-electron chi connectivity index (χ3n) is 5.68. The van der Waals surface area contributed by atoms with E-state index in [0.717, 1.165) is 24.0 Å². The highest BCUT2D eigenvalue weighted by atomic mass is 19.1. The van der Waals surface area contributed by atoms with E-state index in [2.05, 4.69) is 34.9 Å². The fraction of sp³-hybridized carbons (Fsp3) is 0.381. The Labute approximate surface area is 152 Å². The molecule has 1 unspecified atom stereocenters. The maximum atomic E-state index is 13.9. The van der Waals surface area contributed by atoms with E-state index in [9.17, 15) is 9.18 Å². The molecule has 1 fully saturated rings. The van der Waals surface area contributed by atoms with Gasteiger partial charge in [0.2, 0.25) is 0 Å².